The van der Waals surface area contributed by atoms with E-state index in [1.54, 1.807) is 0 Å². The third-order valence-corrected chi connectivity index (χ3v) is 4.27. The van der Waals surface area contributed by atoms with E-state index in [0.29, 0.717) is 5.41 Å². The molecule has 0 unspecified atom stereocenters. The van der Waals surface area contributed by atoms with Gasteiger partial charge in [-0.3, -0.25) is 0 Å². The molecule has 1 heterocycles. The minimum Gasteiger partial charge on any atom is -0.300 e. The van der Waals surface area contributed by atoms with Crippen molar-refractivity contribution in [3.8, 4) is 0 Å². The molecule has 0 amide bonds. The molecule has 0 bridgehead atoms. The molecule has 2 rings (SSSR count). The van der Waals surface area contributed by atoms with Crippen LogP contribution in [0.4, 0.5) is 0 Å². The van der Waals surface area contributed by atoms with Crippen molar-refractivity contribution in [3.05, 3.63) is 0 Å². The smallest absolute Gasteiger partial charge is 0.00953 e. The highest BCUT2D eigenvalue weighted by molar-refractivity contribution is 4.87. The number of hydrogen-bond acceptors (Lipinski definition) is 1. The maximum absolute atomic E-state index is 2.77. The maximum atomic E-state index is 2.77. The summed E-state index contributed by atoms with van der Waals surface area (Å²) in [4.78, 5) is 2.77. The Bertz CT molecular complexity index is 188. The van der Waals surface area contributed by atoms with Gasteiger partial charge in [0, 0.05) is 12.6 Å². The molecule has 0 aromatic rings. The molecule has 1 aliphatic carbocycles. The first-order chi connectivity index (χ1) is 6.57. The van der Waals surface area contributed by atoms with E-state index >= 15 is 0 Å². The van der Waals surface area contributed by atoms with E-state index in [9.17, 15) is 0 Å². The predicted molar refractivity (Wildman–Crippen MR) is 61.4 cm³/mol. The van der Waals surface area contributed by atoms with Crippen molar-refractivity contribution >= 4 is 0 Å². The number of piperidine rings is 1. The topological polar surface area (TPSA) is 3.24 Å². The van der Waals surface area contributed by atoms with Gasteiger partial charge in [-0.15, -0.1) is 0 Å². The lowest BCUT2D eigenvalue weighted by Crippen LogP contribution is -2.48. The Morgan fingerprint density at radius 1 is 1.00 bits per heavy atom. The molecule has 0 aromatic carbocycles. The van der Waals surface area contributed by atoms with Crippen LogP contribution in [0.3, 0.4) is 0 Å². The highest BCUT2D eigenvalue weighted by atomic mass is 15.2. The van der Waals surface area contributed by atoms with E-state index in [-0.39, 0.29) is 0 Å². The van der Waals surface area contributed by atoms with Gasteiger partial charge in [-0.1, -0.05) is 27.2 Å². The van der Waals surface area contributed by atoms with Crippen LogP contribution in [-0.2, 0) is 0 Å². The normalized spacial score (nSPS) is 31.5. The molecule has 1 saturated carbocycles. The van der Waals surface area contributed by atoms with Crippen LogP contribution in [0.1, 0.15) is 52.9 Å². The Labute approximate surface area is 88.9 Å². The number of rotatable bonds is 1. The molecule has 1 saturated heterocycles. The lowest BCUT2D eigenvalue weighted by atomic mass is 9.75. The zero-order valence-electron chi connectivity index (χ0n) is 10.1. The van der Waals surface area contributed by atoms with Crippen LogP contribution in [0.2, 0.25) is 0 Å². The first-order valence-electron chi connectivity index (χ1n) is 6.31. The molecular weight excluding hydrogens is 170 g/mol. The van der Waals surface area contributed by atoms with E-state index in [1.165, 1.54) is 45.2 Å². The Kier molecular flexibility index (Phi) is 2.88. The quantitative estimate of drug-likeness (QED) is 0.620. The van der Waals surface area contributed by atoms with Gasteiger partial charge in [0.05, 0.1) is 0 Å². The molecule has 1 atom stereocenters. The maximum Gasteiger partial charge on any atom is 0.00953 e. The van der Waals surface area contributed by atoms with Crippen LogP contribution in [0.5, 0.6) is 0 Å². The summed E-state index contributed by atoms with van der Waals surface area (Å²) in [6.45, 7) is 9.96. The van der Waals surface area contributed by atoms with Gasteiger partial charge in [-0.05, 0) is 43.6 Å². The largest absolute Gasteiger partial charge is 0.300 e. The highest BCUT2D eigenvalue weighted by Gasteiger charge is 2.33. The summed E-state index contributed by atoms with van der Waals surface area (Å²) in [5.74, 6) is 0.928. The van der Waals surface area contributed by atoms with Gasteiger partial charge in [-0.25, -0.2) is 0 Å². The lowest BCUT2D eigenvalue weighted by molar-refractivity contribution is 0.0396. The average molecular weight is 195 g/mol. The molecule has 1 heteroatoms. The summed E-state index contributed by atoms with van der Waals surface area (Å²) in [6.07, 6.45) is 7.29. The van der Waals surface area contributed by atoms with Crippen LogP contribution in [0.15, 0.2) is 0 Å². The molecule has 0 aromatic heterocycles. The van der Waals surface area contributed by atoms with Gasteiger partial charge < -0.3 is 4.90 Å². The second-order valence-electron chi connectivity index (χ2n) is 6.28. The van der Waals surface area contributed by atoms with Crippen LogP contribution < -0.4 is 0 Å². The monoisotopic (exact) mass is 195 g/mol. The fraction of sp³-hybridized carbons (Fsp3) is 1.00. The molecule has 1 aliphatic heterocycles. The molecule has 1 nitrogen and oxygen atoms in total. The van der Waals surface area contributed by atoms with Gasteiger partial charge in [0.2, 0.25) is 0 Å². The van der Waals surface area contributed by atoms with Gasteiger partial charge in [0.25, 0.3) is 0 Å². The van der Waals surface area contributed by atoms with Crippen molar-refractivity contribution in [1.29, 1.82) is 0 Å². The van der Waals surface area contributed by atoms with Gasteiger partial charge in [-0.2, -0.15) is 0 Å². The van der Waals surface area contributed by atoms with Crippen molar-refractivity contribution in [1.82, 2.24) is 4.90 Å². The van der Waals surface area contributed by atoms with Crippen molar-refractivity contribution in [2.45, 2.75) is 58.9 Å². The third-order valence-electron chi connectivity index (χ3n) is 4.27. The van der Waals surface area contributed by atoms with E-state index in [2.05, 4.69) is 25.7 Å². The first kappa shape index (κ1) is 10.5. The van der Waals surface area contributed by atoms with Crippen molar-refractivity contribution in [2.75, 3.05) is 13.1 Å². The molecule has 14 heavy (non-hydrogen) atoms. The zero-order chi connectivity index (χ0) is 10.2. The molecule has 2 aliphatic rings. The fourth-order valence-electron chi connectivity index (χ4n) is 2.80. The first-order valence-corrected chi connectivity index (χ1v) is 6.31. The average Bonchev–Trinajstić information content (AvgIpc) is 2.00. The third kappa shape index (κ3) is 2.13. The second-order valence-corrected chi connectivity index (χ2v) is 6.28. The summed E-state index contributed by atoms with van der Waals surface area (Å²) in [6, 6.07) is 0.958. The number of likely N-dealkylation sites (tertiary alicyclic amines) is 1. The van der Waals surface area contributed by atoms with Crippen LogP contribution >= 0.6 is 0 Å². The van der Waals surface area contributed by atoms with Crippen molar-refractivity contribution < 1.29 is 0 Å². The lowest BCUT2D eigenvalue weighted by Gasteiger charge is -2.45. The molecule has 2 fully saturated rings. The summed E-state index contributed by atoms with van der Waals surface area (Å²) < 4.78 is 0. The Morgan fingerprint density at radius 3 is 2.21 bits per heavy atom. The Hall–Kier alpha value is -0.0400. The molecule has 82 valence electrons. The zero-order valence-corrected chi connectivity index (χ0v) is 10.1. The van der Waals surface area contributed by atoms with E-state index < -0.39 is 0 Å². The second kappa shape index (κ2) is 3.84. The summed E-state index contributed by atoms with van der Waals surface area (Å²) in [5, 5.41) is 0. The molecule has 0 spiro atoms. The number of nitrogens with zero attached hydrogens (tertiary/aromatic N) is 1. The predicted octanol–water partition coefficient (Wildman–Crippen LogP) is 3.30. The standard InChI is InChI=1S/C13H25N/c1-13(2,3)11-6-5-9-14(10-11)12-7-4-8-12/h11-12H,4-10H2,1-3H3/t11-/m1/s1. The SMILES string of the molecule is CC(C)(C)[C@@H]1CCCN(C2CCC2)C1. The molecular formula is C13H25N. The molecule has 0 radical (unpaired) electrons. The van der Waals surface area contributed by atoms with E-state index in [1.807, 2.05) is 0 Å². The molecule has 0 N–H and O–H groups in total. The van der Waals surface area contributed by atoms with Crippen molar-refractivity contribution in [2.24, 2.45) is 11.3 Å². The van der Waals surface area contributed by atoms with E-state index in [0.717, 1.165) is 12.0 Å². The Balaban J connectivity index is 1.90. The Morgan fingerprint density at radius 2 is 1.71 bits per heavy atom. The minimum absolute atomic E-state index is 0.516. The van der Waals surface area contributed by atoms with Crippen LogP contribution in [-0.4, -0.2) is 24.0 Å². The summed E-state index contributed by atoms with van der Waals surface area (Å²) in [5.41, 5.74) is 0.516. The van der Waals surface area contributed by atoms with Gasteiger partial charge in [0.1, 0.15) is 0 Å². The van der Waals surface area contributed by atoms with Crippen LogP contribution in [0, 0.1) is 11.3 Å². The minimum atomic E-state index is 0.516. The van der Waals surface area contributed by atoms with Crippen LogP contribution in [0.25, 0.3) is 0 Å². The highest BCUT2D eigenvalue weighted by Crippen LogP contribution is 2.36. The van der Waals surface area contributed by atoms with Gasteiger partial charge in [0.15, 0.2) is 0 Å². The number of hydrogen-bond donors (Lipinski definition) is 0. The van der Waals surface area contributed by atoms with E-state index in [4.69, 9.17) is 0 Å². The summed E-state index contributed by atoms with van der Waals surface area (Å²) in [7, 11) is 0. The van der Waals surface area contributed by atoms with Gasteiger partial charge >= 0.3 is 0 Å². The van der Waals surface area contributed by atoms with Crippen molar-refractivity contribution in [3.63, 3.8) is 0 Å². The summed E-state index contributed by atoms with van der Waals surface area (Å²) >= 11 is 0. The fourth-order valence-corrected chi connectivity index (χ4v) is 2.80.